The largest absolute Gasteiger partial charge is 0.352 e. The molecule has 0 spiro atoms. The molecule has 1 saturated carbocycles. The summed E-state index contributed by atoms with van der Waals surface area (Å²) in [6.45, 7) is 5.09. The number of amides is 1. The van der Waals surface area contributed by atoms with E-state index in [2.05, 4.69) is 17.1 Å². The van der Waals surface area contributed by atoms with E-state index in [1.165, 1.54) is 51.4 Å². The summed E-state index contributed by atoms with van der Waals surface area (Å²) < 4.78 is 0. The van der Waals surface area contributed by atoms with Gasteiger partial charge in [-0.25, -0.2) is 0 Å². The Morgan fingerprint density at radius 2 is 1.83 bits per heavy atom. The Bertz CT molecular complexity index is 253. The van der Waals surface area contributed by atoms with Crippen LogP contribution in [0.25, 0.3) is 0 Å². The normalized spacial score (nSPS) is 27.7. The second-order valence-electron chi connectivity index (χ2n) is 6.24. The topological polar surface area (TPSA) is 32.3 Å². The summed E-state index contributed by atoms with van der Waals surface area (Å²) in [5.74, 6) is 1.00. The summed E-state index contributed by atoms with van der Waals surface area (Å²) in [4.78, 5) is 14.4. The van der Waals surface area contributed by atoms with Gasteiger partial charge in [0.2, 0.25) is 5.91 Å². The Balaban J connectivity index is 1.70. The zero-order chi connectivity index (χ0) is 12.8. The van der Waals surface area contributed by atoms with Gasteiger partial charge < -0.3 is 5.32 Å². The van der Waals surface area contributed by atoms with Gasteiger partial charge in [-0.3, -0.25) is 9.69 Å². The zero-order valence-corrected chi connectivity index (χ0v) is 11.8. The SMILES string of the molecule is CC1CCCN(CC(=O)NC2CCCCCC2)C1. The zero-order valence-electron chi connectivity index (χ0n) is 11.8. The molecule has 3 nitrogen and oxygen atoms in total. The molecule has 2 rings (SSSR count). The lowest BCUT2D eigenvalue weighted by molar-refractivity contribution is -0.123. The van der Waals surface area contributed by atoms with Crippen LogP contribution in [0.3, 0.4) is 0 Å². The van der Waals surface area contributed by atoms with E-state index in [1.807, 2.05) is 0 Å². The van der Waals surface area contributed by atoms with Crippen LogP contribution in [-0.4, -0.2) is 36.5 Å². The predicted molar refractivity (Wildman–Crippen MR) is 74.5 cm³/mol. The fraction of sp³-hybridized carbons (Fsp3) is 0.933. The van der Waals surface area contributed by atoms with Crippen molar-refractivity contribution in [2.75, 3.05) is 19.6 Å². The fourth-order valence-electron chi connectivity index (χ4n) is 3.33. The summed E-state index contributed by atoms with van der Waals surface area (Å²) in [7, 11) is 0. The molecule has 1 N–H and O–H groups in total. The third-order valence-electron chi connectivity index (χ3n) is 4.33. The molecule has 0 aromatic rings. The van der Waals surface area contributed by atoms with Crippen molar-refractivity contribution in [3.05, 3.63) is 0 Å². The number of hydrogen-bond donors (Lipinski definition) is 1. The molecule has 1 atom stereocenters. The smallest absolute Gasteiger partial charge is 0.234 e. The van der Waals surface area contributed by atoms with Gasteiger partial charge in [0.05, 0.1) is 6.54 Å². The number of piperidine rings is 1. The fourth-order valence-corrected chi connectivity index (χ4v) is 3.33. The van der Waals surface area contributed by atoms with Crippen molar-refractivity contribution in [1.29, 1.82) is 0 Å². The maximum atomic E-state index is 12.0. The molecule has 104 valence electrons. The lowest BCUT2D eigenvalue weighted by Gasteiger charge is -2.30. The molecule has 0 aromatic heterocycles. The highest BCUT2D eigenvalue weighted by Gasteiger charge is 2.20. The van der Waals surface area contributed by atoms with E-state index in [0.717, 1.165) is 19.0 Å². The van der Waals surface area contributed by atoms with Crippen LogP contribution in [-0.2, 0) is 4.79 Å². The molecule has 1 aliphatic heterocycles. The second kappa shape index (κ2) is 7.13. The van der Waals surface area contributed by atoms with Gasteiger partial charge in [-0.15, -0.1) is 0 Å². The monoisotopic (exact) mass is 252 g/mol. The van der Waals surface area contributed by atoms with Gasteiger partial charge in [0.25, 0.3) is 0 Å². The Kier molecular flexibility index (Phi) is 5.48. The first-order chi connectivity index (χ1) is 8.74. The molecule has 1 saturated heterocycles. The van der Waals surface area contributed by atoms with Crippen LogP contribution in [0.5, 0.6) is 0 Å². The van der Waals surface area contributed by atoms with Gasteiger partial charge >= 0.3 is 0 Å². The van der Waals surface area contributed by atoms with Crippen LogP contribution in [0.4, 0.5) is 0 Å². The first-order valence-corrected chi connectivity index (χ1v) is 7.76. The average Bonchev–Trinajstić information content (AvgIpc) is 2.57. The van der Waals surface area contributed by atoms with E-state index in [-0.39, 0.29) is 5.91 Å². The first-order valence-electron chi connectivity index (χ1n) is 7.76. The molecule has 18 heavy (non-hydrogen) atoms. The number of likely N-dealkylation sites (tertiary alicyclic amines) is 1. The first kappa shape index (κ1) is 13.9. The van der Waals surface area contributed by atoms with Crippen molar-refractivity contribution in [3.8, 4) is 0 Å². The van der Waals surface area contributed by atoms with E-state index in [9.17, 15) is 4.79 Å². The lowest BCUT2D eigenvalue weighted by Crippen LogP contribution is -2.44. The van der Waals surface area contributed by atoms with Crippen molar-refractivity contribution in [2.45, 2.75) is 64.3 Å². The quantitative estimate of drug-likeness (QED) is 0.783. The molecule has 1 amide bonds. The van der Waals surface area contributed by atoms with Gasteiger partial charge in [-0.2, -0.15) is 0 Å². The highest BCUT2D eigenvalue weighted by molar-refractivity contribution is 5.78. The van der Waals surface area contributed by atoms with E-state index in [4.69, 9.17) is 0 Å². The standard InChI is InChI=1S/C15H28N2O/c1-13-7-6-10-17(11-13)12-15(18)16-14-8-4-2-3-5-9-14/h13-14H,2-12H2,1H3,(H,16,18). The van der Waals surface area contributed by atoms with Crippen molar-refractivity contribution >= 4 is 5.91 Å². The van der Waals surface area contributed by atoms with Gasteiger partial charge in [-0.1, -0.05) is 32.6 Å². The molecule has 1 unspecified atom stereocenters. The number of nitrogens with zero attached hydrogens (tertiary/aromatic N) is 1. The van der Waals surface area contributed by atoms with Crippen LogP contribution in [0, 0.1) is 5.92 Å². The summed E-state index contributed by atoms with van der Waals surface area (Å²) in [6, 6.07) is 0.446. The molecule has 2 aliphatic rings. The molecule has 1 heterocycles. The molecule has 0 bridgehead atoms. The Morgan fingerprint density at radius 1 is 1.11 bits per heavy atom. The second-order valence-corrected chi connectivity index (χ2v) is 6.24. The minimum atomic E-state index is 0.246. The van der Waals surface area contributed by atoms with Crippen LogP contribution < -0.4 is 5.32 Å². The minimum Gasteiger partial charge on any atom is -0.352 e. The summed E-state index contributed by atoms with van der Waals surface area (Å²) in [6.07, 6.45) is 10.2. The summed E-state index contributed by atoms with van der Waals surface area (Å²) in [5, 5.41) is 3.24. The van der Waals surface area contributed by atoms with Gasteiger partial charge in [0.1, 0.15) is 0 Å². The molecular formula is C15H28N2O. The molecule has 1 aliphatic carbocycles. The minimum absolute atomic E-state index is 0.246. The number of carbonyl (C=O) groups is 1. The maximum Gasteiger partial charge on any atom is 0.234 e. The lowest BCUT2D eigenvalue weighted by atomic mass is 10.0. The van der Waals surface area contributed by atoms with E-state index in [1.54, 1.807) is 0 Å². The number of nitrogens with one attached hydrogen (secondary N) is 1. The Labute approximate surface area is 111 Å². The van der Waals surface area contributed by atoms with Crippen LogP contribution in [0.1, 0.15) is 58.3 Å². The van der Waals surface area contributed by atoms with E-state index < -0.39 is 0 Å². The number of carbonyl (C=O) groups excluding carboxylic acids is 1. The number of hydrogen-bond acceptors (Lipinski definition) is 2. The van der Waals surface area contributed by atoms with Gasteiger partial charge in [-0.05, 0) is 38.1 Å². The Hall–Kier alpha value is -0.570. The van der Waals surface area contributed by atoms with Crippen molar-refractivity contribution in [2.24, 2.45) is 5.92 Å². The Morgan fingerprint density at radius 3 is 2.50 bits per heavy atom. The van der Waals surface area contributed by atoms with E-state index >= 15 is 0 Å². The predicted octanol–water partition coefficient (Wildman–Crippen LogP) is 2.56. The molecule has 2 fully saturated rings. The van der Waals surface area contributed by atoms with Crippen molar-refractivity contribution in [1.82, 2.24) is 10.2 Å². The molecular weight excluding hydrogens is 224 g/mol. The molecule has 0 aromatic carbocycles. The van der Waals surface area contributed by atoms with Crippen LogP contribution in [0.15, 0.2) is 0 Å². The average molecular weight is 252 g/mol. The van der Waals surface area contributed by atoms with Gasteiger partial charge in [0.15, 0.2) is 0 Å². The van der Waals surface area contributed by atoms with Crippen LogP contribution in [0.2, 0.25) is 0 Å². The van der Waals surface area contributed by atoms with Crippen molar-refractivity contribution in [3.63, 3.8) is 0 Å². The third-order valence-corrected chi connectivity index (χ3v) is 4.33. The molecule has 0 radical (unpaired) electrons. The van der Waals surface area contributed by atoms with Crippen LogP contribution >= 0.6 is 0 Å². The van der Waals surface area contributed by atoms with Crippen molar-refractivity contribution < 1.29 is 4.79 Å². The molecule has 3 heteroatoms. The summed E-state index contributed by atoms with van der Waals surface area (Å²) in [5.41, 5.74) is 0. The highest BCUT2D eigenvalue weighted by atomic mass is 16.2. The number of rotatable bonds is 3. The van der Waals surface area contributed by atoms with Gasteiger partial charge in [0, 0.05) is 12.6 Å². The summed E-state index contributed by atoms with van der Waals surface area (Å²) >= 11 is 0. The van der Waals surface area contributed by atoms with E-state index in [0.29, 0.717) is 12.6 Å². The maximum absolute atomic E-state index is 12.0. The highest BCUT2D eigenvalue weighted by Crippen LogP contribution is 2.18. The third kappa shape index (κ3) is 4.60.